The molecule has 0 saturated carbocycles. The van der Waals surface area contributed by atoms with Gasteiger partial charge in [-0.2, -0.15) is 0 Å². The van der Waals surface area contributed by atoms with Crippen LogP contribution < -0.4 is 9.47 Å². The van der Waals surface area contributed by atoms with Gasteiger partial charge in [-0.3, -0.25) is 0 Å². The van der Waals surface area contributed by atoms with Gasteiger partial charge in [0, 0.05) is 0 Å². The van der Waals surface area contributed by atoms with Crippen LogP contribution in [-0.2, 0) is 9.53 Å². The van der Waals surface area contributed by atoms with Gasteiger partial charge in [0.2, 0.25) is 5.90 Å². The molecule has 0 bridgehead atoms. The first-order chi connectivity index (χ1) is 11.7. The molecule has 0 unspecified atom stereocenters. The second-order valence-electron chi connectivity index (χ2n) is 5.04. The normalized spacial score (nSPS) is 15.2. The number of carbonyl (C=O) groups is 1. The summed E-state index contributed by atoms with van der Waals surface area (Å²) in [6, 6.07) is 14.7. The van der Waals surface area contributed by atoms with Crippen molar-refractivity contribution in [3.63, 3.8) is 0 Å². The van der Waals surface area contributed by atoms with E-state index in [4.69, 9.17) is 14.2 Å². The van der Waals surface area contributed by atoms with Crippen LogP contribution in [-0.4, -0.2) is 25.6 Å². The van der Waals surface area contributed by atoms with Gasteiger partial charge in [0.25, 0.3) is 0 Å². The Morgan fingerprint density at radius 1 is 1.12 bits per heavy atom. The second kappa shape index (κ2) is 7.00. The van der Waals surface area contributed by atoms with E-state index in [1.165, 1.54) is 0 Å². The third-order valence-electron chi connectivity index (χ3n) is 3.46. The van der Waals surface area contributed by atoms with Crippen molar-refractivity contribution in [2.75, 3.05) is 13.7 Å². The molecule has 24 heavy (non-hydrogen) atoms. The zero-order valence-electron chi connectivity index (χ0n) is 13.5. The Balaban J connectivity index is 1.91. The van der Waals surface area contributed by atoms with E-state index in [1.54, 1.807) is 13.2 Å². The van der Waals surface area contributed by atoms with Crippen LogP contribution in [0.4, 0.5) is 0 Å². The summed E-state index contributed by atoms with van der Waals surface area (Å²) in [5.74, 6) is 1.16. The molecule has 2 aromatic rings. The van der Waals surface area contributed by atoms with Crippen molar-refractivity contribution < 1.29 is 19.0 Å². The number of carbonyl (C=O) groups excluding carboxylic acids is 1. The van der Waals surface area contributed by atoms with Gasteiger partial charge in [-0.25, -0.2) is 9.79 Å². The molecule has 5 nitrogen and oxygen atoms in total. The van der Waals surface area contributed by atoms with Crippen LogP contribution in [0.2, 0.25) is 0 Å². The summed E-state index contributed by atoms with van der Waals surface area (Å²) in [4.78, 5) is 16.4. The van der Waals surface area contributed by atoms with Crippen molar-refractivity contribution in [2.45, 2.75) is 6.92 Å². The van der Waals surface area contributed by atoms with E-state index in [2.05, 4.69) is 4.99 Å². The van der Waals surface area contributed by atoms with E-state index in [-0.39, 0.29) is 11.6 Å². The standard InChI is InChI=1S/C19H17NO4/c1-3-23-17-7-5-4-6-15(17)18-20-16(19(21)24-18)12-13-8-10-14(22-2)11-9-13/h4-12H,3H2,1-2H3/b16-12-. The first kappa shape index (κ1) is 15.8. The Morgan fingerprint density at radius 3 is 2.58 bits per heavy atom. The number of methoxy groups -OCH3 is 1. The highest BCUT2D eigenvalue weighted by molar-refractivity contribution is 6.13. The average Bonchev–Trinajstić information content (AvgIpc) is 2.97. The number of para-hydroxylation sites is 1. The van der Waals surface area contributed by atoms with Crippen molar-refractivity contribution in [1.29, 1.82) is 0 Å². The van der Waals surface area contributed by atoms with Gasteiger partial charge < -0.3 is 14.2 Å². The number of benzene rings is 2. The third-order valence-corrected chi connectivity index (χ3v) is 3.46. The molecule has 0 aromatic heterocycles. The molecular weight excluding hydrogens is 306 g/mol. The van der Waals surface area contributed by atoms with Gasteiger partial charge in [0.05, 0.1) is 19.3 Å². The molecule has 0 aliphatic carbocycles. The van der Waals surface area contributed by atoms with Crippen molar-refractivity contribution in [1.82, 2.24) is 0 Å². The Bertz CT molecular complexity index is 806. The fourth-order valence-electron chi connectivity index (χ4n) is 2.31. The van der Waals surface area contributed by atoms with E-state index in [1.807, 2.05) is 55.5 Å². The molecular formula is C19H17NO4. The van der Waals surface area contributed by atoms with Crippen LogP contribution in [0.25, 0.3) is 6.08 Å². The van der Waals surface area contributed by atoms with Gasteiger partial charge >= 0.3 is 5.97 Å². The van der Waals surface area contributed by atoms with E-state index < -0.39 is 5.97 Å². The number of hydrogen-bond acceptors (Lipinski definition) is 5. The summed E-state index contributed by atoms with van der Waals surface area (Å²) in [6.07, 6.45) is 1.68. The van der Waals surface area contributed by atoms with E-state index >= 15 is 0 Å². The molecule has 1 aliphatic heterocycles. The van der Waals surface area contributed by atoms with Gasteiger partial charge in [-0.1, -0.05) is 24.3 Å². The molecule has 1 heterocycles. The predicted molar refractivity (Wildman–Crippen MR) is 91.2 cm³/mol. The molecule has 2 aromatic carbocycles. The summed E-state index contributed by atoms with van der Waals surface area (Å²) in [6.45, 7) is 2.42. The smallest absolute Gasteiger partial charge is 0.363 e. The molecule has 0 fully saturated rings. The van der Waals surface area contributed by atoms with Crippen LogP contribution in [0.15, 0.2) is 59.2 Å². The number of rotatable bonds is 5. The molecule has 0 atom stereocenters. The second-order valence-corrected chi connectivity index (χ2v) is 5.04. The Morgan fingerprint density at radius 2 is 1.88 bits per heavy atom. The van der Waals surface area contributed by atoms with Gasteiger partial charge in [-0.05, 0) is 42.8 Å². The lowest BCUT2D eigenvalue weighted by molar-refractivity contribution is -0.129. The maximum Gasteiger partial charge on any atom is 0.363 e. The van der Waals surface area contributed by atoms with E-state index in [9.17, 15) is 4.79 Å². The number of ether oxygens (including phenoxy) is 3. The van der Waals surface area contributed by atoms with Gasteiger partial charge in [0.15, 0.2) is 5.70 Å². The summed E-state index contributed by atoms with van der Waals surface area (Å²) < 4.78 is 16.0. The van der Waals surface area contributed by atoms with Gasteiger partial charge in [-0.15, -0.1) is 0 Å². The summed E-state index contributed by atoms with van der Waals surface area (Å²) in [5, 5.41) is 0. The quantitative estimate of drug-likeness (QED) is 0.625. The maximum absolute atomic E-state index is 12.1. The Labute approximate surface area is 140 Å². The fraction of sp³-hybridized carbons (Fsp3) is 0.158. The Kier molecular flexibility index (Phi) is 4.61. The van der Waals surface area contributed by atoms with Crippen LogP contribution >= 0.6 is 0 Å². The molecule has 1 aliphatic rings. The van der Waals surface area contributed by atoms with E-state index in [0.29, 0.717) is 17.9 Å². The van der Waals surface area contributed by atoms with Gasteiger partial charge in [0.1, 0.15) is 11.5 Å². The minimum atomic E-state index is -0.480. The third kappa shape index (κ3) is 3.30. The van der Waals surface area contributed by atoms with Crippen LogP contribution in [0.5, 0.6) is 11.5 Å². The lowest BCUT2D eigenvalue weighted by atomic mass is 10.2. The van der Waals surface area contributed by atoms with Crippen molar-refractivity contribution in [3.8, 4) is 11.5 Å². The summed E-state index contributed by atoms with van der Waals surface area (Å²) in [5.41, 5.74) is 1.75. The first-order valence-corrected chi connectivity index (χ1v) is 7.60. The highest BCUT2D eigenvalue weighted by atomic mass is 16.6. The fourth-order valence-corrected chi connectivity index (χ4v) is 2.31. The lowest BCUT2D eigenvalue weighted by Gasteiger charge is -2.08. The number of cyclic esters (lactones) is 1. The van der Waals surface area contributed by atoms with Crippen molar-refractivity contribution in [2.24, 2.45) is 4.99 Å². The average molecular weight is 323 g/mol. The van der Waals surface area contributed by atoms with Crippen LogP contribution in [0.1, 0.15) is 18.1 Å². The molecule has 0 N–H and O–H groups in total. The predicted octanol–water partition coefficient (Wildman–Crippen LogP) is 3.44. The molecule has 3 rings (SSSR count). The zero-order valence-corrected chi connectivity index (χ0v) is 13.5. The van der Waals surface area contributed by atoms with Crippen molar-refractivity contribution >= 4 is 17.9 Å². The first-order valence-electron chi connectivity index (χ1n) is 7.60. The summed E-state index contributed by atoms with van der Waals surface area (Å²) >= 11 is 0. The number of aliphatic imine (C=N–C) groups is 1. The minimum absolute atomic E-state index is 0.251. The number of nitrogens with zero attached hydrogens (tertiary/aromatic N) is 1. The molecule has 0 radical (unpaired) electrons. The topological polar surface area (TPSA) is 57.1 Å². The lowest BCUT2D eigenvalue weighted by Crippen LogP contribution is -2.07. The number of esters is 1. The van der Waals surface area contributed by atoms with Crippen molar-refractivity contribution in [3.05, 3.63) is 65.4 Å². The Hall–Kier alpha value is -3.08. The number of hydrogen-bond donors (Lipinski definition) is 0. The molecule has 0 saturated heterocycles. The SMILES string of the molecule is CCOc1ccccc1C1=N/C(=C\c2ccc(OC)cc2)C(=O)O1. The van der Waals surface area contributed by atoms with Crippen LogP contribution in [0.3, 0.4) is 0 Å². The molecule has 0 spiro atoms. The zero-order chi connectivity index (χ0) is 16.9. The minimum Gasteiger partial charge on any atom is -0.497 e. The largest absolute Gasteiger partial charge is 0.497 e. The molecule has 5 heteroatoms. The van der Waals surface area contributed by atoms with E-state index in [0.717, 1.165) is 11.3 Å². The van der Waals surface area contributed by atoms with Crippen LogP contribution in [0, 0.1) is 0 Å². The molecule has 0 amide bonds. The maximum atomic E-state index is 12.1. The molecule has 122 valence electrons. The highest BCUT2D eigenvalue weighted by Crippen LogP contribution is 2.25. The highest BCUT2D eigenvalue weighted by Gasteiger charge is 2.26. The summed E-state index contributed by atoms with van der Waals surface area (Å²) in [7, 11) is 1.61. The monoisotopic (exact) mass is 323 g/mol.